The molecule has 1 heterocycles. The van der Waals surface area contributed by atoms with Crippen LogP contribution in [-0.2, 0) is 7.05 Å². The molecule has 0 aliphatic rings. The van der Waals surface area contributed by atoms with E-state index in [1.807, 2.05) is 18.5 Å². The summed E-state index contributed by atoms with van der Waals surface area (Å²) in [6, 6.07) is 1.49. The fourth-order valence-corrected chi connectivity index (χ4v) is 2.97. The van der Waals surface area contributed by atoms with Gasteiger partial charge >= 0.3 is 0 Å². The average molecular weight is 286 g/mol. The van der Waals surface area contributed by atoms with Gasteiger partial charge in [0.25, 0.3) is 0 Å². The second kappa shape index (κ2) is 5.28. The van der Waals surface area contributed by atoms with Crippen LogP contribution in [0.5, 0.6) is 11.5 Å². The van der Waals surface area contributed by atoms with Gasteiger partial charge in [0.2, 0.25) is 0 Å². The molecule has 4 heteroatoms. The van der Waals surface area contributed by atoms with Crippen molar-refractivity contribution in [3.8, 4) is 11.5 Å². The summed E-state index contributed by atoms with van der Waals surface area (Å²) in [5.41, 5.74) is 3.76. The van der Waals surface area contributed by atoms with Gasteiger partial charge in [0, 0.05) is 24.5 Å². The predicted molar refractivity (Wildman–Crippen MR) is 88.0 cm³/mol. The minimum atomic E-state index is 0.101. The molecule has 0 atom stereocenters. The highest BCUT2D eigenvalue weighted by Crippen LogP contribution is 2.45. The maximum Gasteiger partial charge on any atom is 0.151 e. The maximum absolute atomic E-state index is 10.6. The molecule has 2 rings (SSSR count). The van der Waals surface area contributed by atoms with Crippen molar-refractivity contribution in [2.45, 2.75) is 33.6 Å². The lowest BCUT2D eigenvalue weighted by atomic mass is 10.0. The zero-order valence-electron chi connectivity index (χ0n) is 13.2. The summed E-state index contributed by atoms with van der Waals surface area (Å²) in [5.74, 6) is 0.517. The Kier molecular flexibility index (Phi) is 3.81. The Morgan fingerprint density at radius 2 is 2.00 bits per heavy atom. The Balaban J connectivity index is 2.91. The zero-order valence-corrected chi connectivity index (χ0v) is 13.2. The van der Waals surface area contributed by atoms with Crippen molar-refractivity contribution in [3.05, 3.63) is 30.0 Å². The SMILES string of the molecule is C=C/C(C)=N\c1cc(O)c2c(c(C)c(C(C)C)n2C)c1O. The van der Waals surface area contributed by atoms with E-state index in [0.29, 0.717) is 28.2 Å². The third-order valence-corrected chi connectivity index (χ3v) is 3.83. The van der Waals surface area contributed by atoms with Crippen LogP contribution in [0.15, 0.2) is 23.7 Å². The molecule has 0 radical (unpaired) electrons. The van der Waals surface area contributed by atoms with Crippen LogP contribution in [0.2, 0.25) is 0 Å². The first-order valence-electron chi connectivity index (χ1n) is 7.01. The predicted octanol–water partition coefficient (Wildman–Crippen LogP) is 4.30. The highest BCUT2D eigenvalue weighted by atomic mass is 16.3. The topological polar surface area (TPSA) is 57.8 Å². The standard InChI is InChI=1S/C17H22N2O2/c1-7-10(4)18-12-8-13(20)16-14(17(12)21)11(5)15(9(2)3)19(16)6/h7-9,20-21H,1H2,2-6H3/b18-10-. The van der Waals surface area contributed by atoms with E-state index in [-0.39, 0.29) is 11.5 Å². The first kappa shape index (κ1) is 15.2. The van der Waals surface area contributed by atoms with Gasteiger partial charge in [-0.05, 0) is 31.4 Å². The van der Waals surface area contributed by atoms with Crippen LogP contribution < -0.4 is 0 Å². The Morgan fingerprint density at radius 1 is 1.38 bits per heavy atom. The summed E-state index contributed by atoms with van der Waals surface area (Å²) < 4.78 is 1.94. The van der Waals surface area contributed by atoms with Gasteiger partial charge in [-0.25, -0.2) is 4.99 Å². The third kappa shape index (κ3) is 2.31. The Hall–Kier alpha value is -2.23. The van der Waals surface area contributed by atoms with Gasteiger partial charge in [-0.15, -0.1) is 0 Å². The van der Waals surface area contributed by atoms with Crippen LogP contribution in [0, 0.1) is 6.92 Å². The lowest BCUT2D eigenvalue weighted by Crippen LogP contribution is -1.99. The fraction of sp³-hybridized carbons (Fsp3) is 0.353. The van der Waals surface area contributed by atoms with Crippen molar-refractivity contribution in [3.63, 3.8) is 0 Å². The van der Waals surface area contributed by atoms with E-state index in [4.69, 9.17) is 0 Å². The van der Waals surface area contributed by atoms with Crippen molar-refractivity contribution < 1.29 is 10.2 Å². The third-order valence-electron chi connectivity index (χ3n) is 3.83. The van der Waals surface area contributed by atoms with Crippen molar-refractivity contribution in [2.75, 3.05) is 0 Å². The number of aromatic hydroxyl groups is 2. The van der Waals surface area contributed by atoms with E-state index >= 15 is 0 Å². The van der Waals surface area contributed by atoms with Crippen LogP contribution in [0.25, 0.3) is 10.9 Å². The number of aryl methyl sites for hydroxylation is 2. The van der Waals surface area contributed by atoms with Crippen LogP contribution in [-0.4, -0.2) is 20.5 Å². The van der Waals surface area contributed by atoms with Gasteiger partial charge in [-0.2, -0.15) is 0 Å². The van der Waals surface area contributed by atoms with E-state index < -0.39 is 0 Å². The number of fused-ring (bicyclic) bond motifs is 1. The maximum atomic E-state index is 10.6. The average Bonchev–Trinajstić information content (AvgIpc) is 2.67. The van der Waals surface area contributed by atoms with Crippen LogP contribution in [0.3, 0.4) is 0 Å². The summed E-state index contributed by atoms with van der Waals surface area (Å²) in [7, 11) is 1.90. The number of aliphatic imine (C=N–C) groups is 1. The molecule has 1 aromatic carbocycles. The number of phenolic OH excluding ortho intramolecular Hbond substituents is 2. The van der Waals surface area contributed by atoms with Gasteiger partial charge in [0.05, 0.1) is 10.9 Å². The van der Waals surface area contributed by atoms with Gasteiger partial charge in [-0.3, -0.25) is 0 Å². The molecule has 2 aromatic rings. The lowest BCUT2D eigenvalue weighted by Gasteiger charge is -2.09. The highest BCUT2D eigenvalue weighted by Gasteiger charge is 2.22. The molecule has 21 heavy (non-hydrogen) atoms. The first-order valence-corrected chi connectivity index (χ1v) is 7.01. The summed E-state index contributed by atoms with van der Waals surface area (Å²) in [6.45, 7) is 11.6. The number of allylic oxidation sites excluding steroid dienone is 1. The second-order valence-corrected chi connectivity index (χ2v) is 5.67. The number of nitrogens with zero attached hydrogens (tertiary/aromatic N) is 2. The highest BCUT2D eigenvalue weighted by molar-refractivity contribution is 6.01. The summed E-state index contributed by atoms with van der Waals surface area (Å²) in [6.07, 6.45) is 1.61. The fourth-order valence-electron chi connectivity index (χ4n) is 2.97. The van der Waals surface area contributed by atoms with Crippen LogP contribution >= 0.6 is 0 Å². The van der Waals surface area contributed by atoms with Gasteiger partial charge in [0.1, 0.15) is 11.4 Å². The molecular formula is C17H22N2O2. The largest absolute Gasteiger partial charge is 0.506 e. The molecule has 0 fully saturated rings. The zero-order chi connectivity index (χ0) is 15.9. The minimum absolute atomic E-state index is 0.101. The molecule has 0 saturated heterocycles. The second-order valence-electron chi connectivity index (χ2n) is 5.67. The van der Waals surface area contributed by atoms with E-state index in [9.17, 15) is 10.2 Å². The van der Waals surface area contributed by atoms with E-state index in [1.165, 1.54) is 6.07 Å². The van der Waals surface area contributed by atoms with Crippen LogP contribution in [0.4, 0.5) is 5.69 Å². The number of aromatic nitrogens is 1. The minimum Gasteiger partial charge on any atom is -0.506 e. The van der Waals surface area contributed by atoms with Crippen molar-refractivity contribution in [2.24, 2.45) is 12.0 Å². The molecule has 1 aromatic heterocycles. The molecule has 0 saturated carbocycles. The Morgan fingerprint density at radius 3 is 2.52 bits per heavy atom. The summed E-state index contributed by atoms with van der Waals surface area (Å²) >= 11 is 0. The molecule has 112 valence electrons. The van der Waals surface area contributed by atoms with Crippen molar-refractivity contribution in [1.29, 1.82) is 0 Å². The van der Waals surface area contributed by atoms with E-state index in [0.717, 1.165) is 11.3 Å². The Bertz CT molecular complexity index is 752. The van der Waals surface area contributed by atoms with Crippen LogP contribution in [0.1, 0.15) is 37.9 Å². The number of phenols is 2. The molecule has 0 bridgehead atoms. The van der Waals surface area contributed by atoms with E-state index in [2.05, 4.69) is 25.4 Å². The number of benzene rings is 1. The van der Waals surface area contributed by atoms with Crippen molar-refractivity contribution >= 4 is 22.3 Å². The molecule has 4 nitrogen and oxygen atoms in total. The number of hydrogen-bond donors (Lipinski definition) is 2. The van der Waals surface area contributed by atoms with E-state index in [1.54, 1.807) is 13.0 Å². The summed E-state index contributed by atoms with van der Waals surface area (Å²) in [5, 5.41) is 21.6. The molecule has 0 unspecified atom stereocenters. The molecule has 0 spiro atoms. The molecule has 0 aliphatic carbocycles. The molecule has 0 amide bonds. The first-order chi connectivity index (χ1) is 9.79. The van der Waals surface area contributed by atoms with Gasteiger partial charge < -0.3 is 14.8 Å². The number of rotatable bonds is 3. The van der Waals surface area contributed by atoms with Gasteiger partial charge in [-0.1, -0.05) is 20.4 Å². The molecule has 0 aliphatic heterocycles. The smallest absolute Gasteiger partial charge is 0.151 e. The lowest BCUT2D eigenvalue weighted by molar-refractivity contribution is 0.469. The molecule has 2 N–H and O–H groups in total. The van der Waals surface area contributed by atoms with Crippen molar-refractivity contribution in [1.82, 2.24) is 4.57 Å². The normalized spacial score (nSPS) is 12.4. The quantitative estimate of drug-likeness (QED) is 0.653. The monoisotopic (exact) mass is 286 g/mol. The summed E-state index contributed by atoms with van der Waals surface area (Å²) in [4.78, 5) is 4.29. The van der Waals surface area contributed by atoms with Gasteiger partial charge in [0.15, 0.2) is 5.75 Å². The number of hydrogen-bond acceptors (Lipinski definition) is 3. The Labute approximate surface area is 125 Å². The molecular weight excluding hydrogens is 264 g/mol.